The molecule has 0 saturated carbocycles. The SMILES string of the molecule is COCCN(Cc1ccco1)Cc1ncc(C(C)(C)C)o1. The second-order valence-electron chi connectivity index (χ2n) is 6.15. The number of ether oxygens (including phenoxy) is 1. The van der Waals surface area contributed by atoms with Crippen LogP contribution in [0, 0.1) is 0 Å². The van der Waals surface area contributed by atoms with Gasteiger partial charge in [0.05, 0.1) is 32.2 Å². The van der Waals surface area contributed by atoms with Gasteiger partial charge in [-0.2, -0.15) is 0 Å². The van der Waals surface area contributed by atoms with Crippen LogP contribution < -0.4 is 0 Å². The summed E-state index contributed by atoms with van der Waals surface area (Å²) in [7, 11) is 1.70. The maximum Gasteiger partial charge on any atom is 0.208 e. The molecule has 0 radical (unpaired) electrons. The van der Waals surface area contributed by atoms with Crippen molar-refractivity contribution in [2.24, 2.45) is 0 Å². The molecule has 0 amide bonds. The van der Waals surface area contributed by atoms with Crippen molar-refractivity contribution < 1.29 is 13.6 Å². The lowest BCUT2D eigenvalue weighted by Crippen LogP contribution is -2.26. The highest BCUT2D eigenvalue weighted by atomic mass is 16.5. The van der Waals surface area contributed by atoms with Gasteiger partial charge in [-0.25, -0.2) is 4.98 Å². The first-order chi connectivity index (χ1) is 9.99. The van der Waals surface area contributed by atoms with Gasteiger partial charge in [0.1, 0.15) is 11.5 Å². The van der Waals surface area contributed by atoms with E-state index in [2.05, 4.69) is 30.7 Å². The molecule has 2 rings (SSSR count). The average Bonchev–Trinajstić information content (AvgIpc) is 3.06. The van der Waals surface area contributed by atoms with Crippen molar-refractivity contribution in [1.82, 2.24) is 9.88 Å². The molecule has 116 valence electrons. The van der Waals surface area contributed by atoms with E-state index in [1.54, 1.807) is 13.4 Å². The molecule has 2 aromatic heterocycles. The molecule has 0 aliphatic carbocycles. The van der Waals surface area contributed by atoms with Crippen LogP contribution >= 0.6 is 0 Å². The Hall–Kier alpha value is -1.59. The maximum absolute atomic E-state index is 5.85. The number of furan rings is 1. The summed E-state index contributed by atoms with van der Waals surface area (Å²) in [6.45, 7) is 9.15. The maximum atomic E-state index is 5.85. The summed E-state index contributed by atoms with van der Waals surface area (Å²) < 4.78 is 16.4. The number of nitrogens with zero attached hydrogens (tertiary/aromatic N) is 2. The van der Waals surface area contributed by atoms with Crippen LogP contribution in [-0.4, -0.2) is 30.1 Å². The molecule has 0 atom stereocenters. The van der Waals surface area contributed by atoms with Crippen molar-refractivity contribution in [3.05, 3.63) is 42.0 Å². The Morgan fingerprint density at radius 1 is 1.29 bits per heavy atom. The number of aromatic nitrogens is 1. The Morgan fingerprint density at radius 3 is 2.67 bits per heavy atom. The van der Waals surface area contributed by atoms with Gasteiger partial charge >= 0.3 is 0 Å². The lowest BCUT2D eigenvalue weighted by molar-refractivity contribution is 0.127. The fourth-order valence-electron chi connectivity index (χ4n) is 1.98. The lowest BCUT2D eigenvalue weighted by atomic mass is 9.94. The first-order valence-corrected chi connectivity index (χ1v) is 7.18. The van der Waals surface area contributed by atoms with E-state index in [9.17, 15) is 0 Å². The highest BCUT2D eigenvalue weighted by molar-refractivity contribution is 5.06. The minimum Gasteiger partial charge on any atom is -0.468 e. The highest BCUT2D eigenvalue weighted by Gasteiger charge is 2.20. The van der Waals surface area contributed by atoms with E-state index < -0.39 is 0 Å². The fourth-order valence-corrected chi connectivity index (χ4v) is 1.98. The van der Waals surface area contributed by atoms with Crippen molar-refractivity contribution in [2.75, 3.05) is 20.3 Å². The summed E-state index contributed by atoms with van der Waals surface area (Å²) in [5.41, 5.74) is -0.0242. The van der Waals surface area contributed by atoms with E-state index >= 15 is 0 Å². The zero-order chi connectivity index (χ0) is 15.3. The first-order valence-electron chi connectivity index (χ1n) is 7.18. The van der Waals surface area contributed by atoms with Gasteiger partial charge in [-0.3, -0.25) is 4.90 Å². The quantitative estimate of drug-likeness (QED) is 0.784. The van der Waals surface area contributed by atoms with E-state index in [0.717, 1.165) is 24.0 Å². The summed E-state index contributed by atoms with van der Waals surface area (Å²) in [4.78, 5) is 6.58. The summed E-state index contributed by atoms with van der Waals surface area (Å²) in [6.07, 6.45) is 3.50. The van der Waals surface area contributed by atoms with Crippen LogP contribution in [0.3, 0.4) is 0 Å². The number of methoxy groups -OCH3 is 1. The second-order valence-corrected chi connectivity index (χ2v) is 6.15. The minimum atomic E-state index is -0.0242. The van der Waals surface area contributed by atoms with Crippen LogP contribution in [0.5, 0.6) is 0 Å². The summed E-state index contributed by atoms with van der Waals surface area (Å²) >= 11 is 0. The van der Waals surface area contributed by atoms with Gasteiger partial charge in [-0.15, -0.1) is 0 Å². The van der Waals surface area contributed by atoms with Crippen LogP contribution in [0.1, 0.15) is 38.2 Å². The van der Waals surface area contributed by atoms with E-state index in [1.165, 1.54) is 0 Å². The minimum absolute atomic E-state index is 0.0242. The monoisotopic (exact) mass is 292 g/mol. The summed E-state index contributed by atoms with van der Waals surface area (Å²) in [6, 6.07) is 3.86. The number of hydrogen-bond acceptors (Lipinski definition) is 5. The Bertz CT molecular complexity index is 526. The Kier molecular flexibility index (Phi) is 5.20. The largest absolute Gasteiger partial charge is 0.468 e. The third-order valence-electron chi connectivity index (χ3n) is 3.22. The molecule has 0 saturated heterocycles. The molecule has 0 fully saturated rings. The molecule has 2 heterocycles. The molecule has 5 nitrogen and oxygen atoms in total. The third-order valence-corrected chi connectivity index (χ3v) is 3.22. The molecule has 0 spiro atoms. The van der Waals surface area contributed by atoms with Crippen LogP contribution in [0.15, 0.2) is 33.4 Å². The third kappa shape index (κ3) is 4.72. The molecule has 2 aromatic rings. The van der Waals surface area contributed by atoms with E-state index in [0.29, 0.717) is 19.7 Å². The van der Waals surface area contributed by atoms with E-state index in [-0.39, 0.29) is 5.41 Å². The topological polar surface area (TPSA) is 51.6 Å². The average molecular weight is 292 g/mol. The van der Waals surface area contributed by atoms with Gasteiger partial charge in [0.25, 0.3) is 0 Å². The molecular formula is C16H24N2O3. The number of rotatable bonds is 7. The second kappa shape index (κ2) is 6.91. The van der Waals surface area contributed by atoms with Crippen molar-refractivity contribution >= 4 is 0 Å². The van der Waals surface area contributed by atoms with Crippen LogP contribution in [0.25, 0.3) is 0 Å². The van der Waals surface area contributed by atoms with Crippen LogP contribution in [0.2, 0.25) is 0 Å². The van der Waals surface area contributed by atoms with Crippen LogP contribution in [0.4, 0.5) is 0 Å². The highest BCUT2D eigenvalue weighted by Crippen LogP contribution is 2.23. The zero-order valence-electron chi connectivity index (χ0n) is 13.3. The number of oxazole rings is 1. The van der Waals surface area contributed by atoms with Gasteiger partial charge in [-0.05, 0) is 12.1 Å². The Balaban J connectivity index is 2.02. The van der Waals surface area contributed by atoms with Crippen LogP contribution in [-0.2, 0) is 23.2 Å². The fraction of sp³-hybridized carbons (Fsp3) is 0.562. The summed E-state index contributed by atoms with van der Waals surface area (Å²) in [5, 5.41) is 0. The standard InChI is InChI=1S/C16H24N2O3/c1-16(2,3)14-10-17-15(21-14)12-18(7-9-19-4)11-13-6-5-8-20-13/h5-6,8,10H,7,9,11-12H2,1-4H3. The van der Waals surface area contributed by atoms with Gasteiger partial charge in [0, 0.05) is 19.1 Å². The van der Waals surface area contributed by atoms with E-state index in [1.807, 2.05) is 18.3 Å². The molecule has 0 bridgehead atoms. The molecule has 0 aliphatic rings. The molecule has 21 heavy (non-hydrogen) atoms. The van der Waals surface area contributed by atoms with Gasteiger partial charge in [-0.1, -0.05) is 20.8 Å². The lowest BCUT2D eigenvalue weighted by Gasteiger charge is -2.19. The number of hydrogen-bond donors (Lipinski definition) is 0. The predicted molar refractivity (Wildman–Crippen MR) is 79.9 cm³/mol. The Labute approximate surface area is 125 Å². The smallest absolute Gasteiger partial charge is 0.208 e. The summed E-state index contributed by atoms with van der Waals surface area (Å²) in [5.74, 6) is 2.55. The normalized spacial score (nSPS) is 12.2. The van der Waals surface area contributed by atoms with Crippen molar-refractivity contribution in [2.45, 2.75) is 39.3 Å². The first kappa shape index (κ1) is 15.8. The molecule has 0 unspecified atom stereocenters. The molecule has 0 aromatic carbocycles. The van der Waals surface area contributed by atoms with Gasteiger partial charge < -0.3 is 13.6 Å². The molecule has 5 heteroatoms. The molecular weight excluding hydrogens is 268 g/mol. The van der Waals surface area contributed by atoms with E-state index in [4.69, 9.17) is 13.6 Å². The predicted octanol–water partition coefficient (Wildman–Crippen LogP) is 3.21. The molecule has 0 N–H and O–H groups in total. The molecule has 0 aliphatic heterocycles. The van der Waals surface area contributed by atoms with Gasteiger partial charge in [0.15, 0.2) is 0 Å². The Morgan fingerprint density at radius 2 is 2.10 bits per heavy atom. The van der Waals surface area contributed by atoms with Crippen molar-refractivity contribution in [3.63, 3.8) is 0 Å². The van der Waals surface area contributed by atoms with Crippen molar-refractivity contribution in [3.8, 4) is 0 Å². The van der Waals surface area contributed by atoms with Crippen molar-refractivity contribution in [1.29, 1.82) is 0 Å². The van der Waals surface area contributed by atoms with Gasteiger partial charge in [0.2, 0.25) is 5.89 Å². The zero-order valence-corrected chi connectivity index (χ0v) is 13.3.